The molecule has 0 heterocycles. The molecule has 1 aliphatic carbocycles. The van der Waals surface area contributed by atoms with Gasteiger partial charge in [0.15, 0.2) is 0 Å². The SMILES string of the molecule is CCOCCC(=O)Nc1ccc2c(c1)CCC2. The average Bonchev–Trinajstić information content (AvgIpc) is 2.76. The molecule has 0 saturated carbocycles. The van der Waals surface area contributed by atoms with Crippen LogP contribution in [0.2, 0.25) is 0 Å². The van der Waals surface area contributed by atoms with Gasteiger partial charge in [-0.05, 0) is 49.4 Å². The minimum Gasteiger partial charge on any atom is -0.381 e. The Morgan fingerprint density at radius 3 is 3.00 bits per heavy atom. The molecular weight excluding hydrogens is 214 g/mol. The normalized spacial score (nSPS) is 13.5. The third-order valence-corrected chi connectivity index (χ3v) is 3.06. The van der Waals surface area contributed by atoms with E-state index in [0.29, 0.717) is 19.6 Å². The van der Waals surface area contributed by atoms with Gasteiger partial charge in [0.25, 0.3) is 0 Å². The van der Waals surface area contributed by atoms with Crippen LogP contribution in [0, 0.1) is 0 Å². The molecule has 2 rings (SSSR count). The Labute approximate surface area is 102 Å². The fraction of sp³-hybridized carbons (Fsp3) is 0.500. The summed E-state index contributed by atoms with van der Waals surface area (Å²) in [6.07, 6.45) is 3.97. The van der Waals surface area contributed by atoms with Crippen molar-refractivity contribution in [2.75, 3.05) is 18.5 Å². The summed E-state index contributed by atoms with van der Waals surface area (Å²) in [6.45, 7) is 3.08. The minimum absolute atomic E-state index is 0.0244. The van der Waals surface area contributed by atoms with E-state index < -0.39 is 0 Å². The van der Waals surface area contributed by atoms with Crippen LogP contribution in [0.5, 0.6) is 0 Å². The molecule has 3 nitrogen and oxygen atoms in total. The summed E-state index contributed by atoms with van der Waals surface area (Å²) in [7, 11) is 0. The van der Waals surface area contributed by atoms with Crippen LogP contribution in [0.25, 0.3) is 0 Å². The summed E-state index contributed by atoms with van der Waals surface area (Å²) in [5, 5.41) is 2.91. The highest BCUT2D eigenvalue weighted by Gasteiger charge is 2.11. The molecule has 0 atom stereocenters. The van der Waals surface area contributed by atoms with E-state index in [0.717, 1.165) is 12.1 Å². The summed E-state index contributed by atoms with van der Waals surface area (Å²) in [5.74, 6) is 0.0244. The van der Waals surface area contributed by atoms with Crippen molar-refractivity contribution in [1.29, 1.82) is 0 Å². The van der Waals surface area contributed by atoms with Crippen molar-refractivity contribution >= 4 is 11.6 Å². The topological polar surface area (TPSA) is 38.3 Å². The summed E-state index contributed by atoms with van der Waals surface area (Å²) in [5.41, 5.74) is 3.72. The number of fused-ring (bicyclic) bond motifs is 1. The first kappa shape index (κ1) is 12.1. The molecule has 1 aliphatic rings. The second kappa shape index (κ2) is 5.82. The number of hydrogen-bond acceptors (Lipinski definition) is 2. The van der Waals surface area contributed by atoms with Crippen molar-refractivity contribution in [2.45, 2.75) is 32.6 Å². The lowest BCUT2D eigenvalue weighted by atomic mass is 10.1. The van der Waals surface area contributed by atoms with Crippen LogP contribution >= 0.6 is 0 Å². The van der Waals surface area contributed by atoms with E-state index in [1.807, 2.05) is 13.0 Å². The zero-order chi connectivity index (χ0) is 12.1. The van der Waals surface area contributed by atoms with Crippen LogP contribution in [0.15, 0.2) is 18.2 Å². The highest BCUT2D eigenvalue weighted by atomic mass is 16.5. The maximum Gasteiger partial charge on any atom is 0.226 e. The lowest BCUT2D eigenvalue weighted by Crippen LogP contribution is -2.14. The van der Waals surface area contributed by atoms with Crippen molar-refractivity contribution in [3.8, 4) is 0 Å². The Hall–Kier alpha value is -1.35. The van der Waals surface area contributed by atoms with Gasteiger partial charge in [0.05, 0.1) is 13.0 Å². The zero-order valence-electron chi connectivity index (χ0n) is 10.3. The third kappa shape index (κ3) is 3.30. The Balaban J connectivity index is 1.88. The lowest BCUT2D eigenvalue weighted by molar-refractivity contribution is -0.117. The van der Waals surface area contributed by atoms with E-state index in [2.05, 4.69) is 17.4 Å². The zero-order valence-corrected chi connectivity index (χ0v) is 10.3. The second-order valence-corrected chi connectivity index (χ2v) is 4.33. The molecule has 1 amide bonds. The van der Waals surface area contributed by atoms with Crippen LogP contribution in [0.4, 0.5) is 5.69 Å². The number of benzene rings is 1. The van der Waals surface area contributed by atoms with Gasteiger partial charge in [0.2, 0.25) is 5.91 Å². The van der Waals surface area contributed by atoms with Crippen LogP contribution in [-0.2, 0) is 22.4 Å². The fourth-order valence-corrected chi connectivity index (χ4v) is 2.18. The highest BCUT2D eigenvalue weighted by Crippen LogP contribution is 2.24. The van der Waals surface area contributed by atoms with Crippen molar-refractivity contribution in [3.63, 3.8) is 0 Å². The Morgan fingerprint density at radius 2 is 2.18 bits per heavy atom. The molecule has 1 aromatic carbocycles. The van der Waals surface area contributed by atoms with Crippen molar-refractivity contribution < 1.29 is 9.53 Å². The number of ether oxygens (including phenoxy) is 1. The Kier molecular flexibility index (Phi) is 4.15. The largest absolute Gasteiger partial charge is 0.381 e. The van der Waals surface area contributed by atoms with Crippen LogP contribution in [0.3, 0.4) is 0 Å². The summed E-state index contributed by atoms with van der Waals surface area (Å²) >= 11 is 0. The first-order valence-electron chi connectivity index (χ1n) is 6.29. The molecule has 1 N–H and O–H groups in total. The van der Waals surface area contributed by atoms with E-state index in [4.69, 9.17) is 4.74 Å². The molecule has 1 aromatic rings. The Morgan fingerprint density at radius 1 is 1.35 bits per heavy atom. The number of nitrogens with one attached hydrogen (secondary N) is 1. The quantitative estimate of drug-likeness (QED) is 0.794. The van der Waals surface area contributed by atoms with Gasteiger partial charge < -0.3 is 10.1 Å². The van der Waals surface area contributed by atoms with Gasteiger partial charge in [0, 0.05) is 12.3 Å². The monoisotopic (exact) mass is 233 g/mol. The number of anilines is 1. The summed E-state index contributed by atoms with van der Waals surface area (Å²) in [6, 6.07) is 6.21. The van der Waals surface area contributed by atoms with Gasteiger partial charge >= 0.3 is 0 Å². The molecule has 0 saturated heterocycles. The van der Waals surface area contributed by atoms with Crippen LogP contribution < -0.4 is 5.32 Å². The van der Waals surface area contributed by atoms with E-state index in [1.165, 1.54) is 24.0 Å². The van der Waals surface area contributed by atoms with Gasteiger partial charge in [-0.25, -0.2) is 0 Å². The minimum atomic E-state index is 0.0244. The maximum absolute atomic E-state index is 11.6. The van der Waals surface area contributed by atoms with Crippen molar-refractivity contribution in [2.24, 2.45) is 0 Å². The van der Waals surface area contributed by atoms with E-state index in [-0.39, 0.29) is 5.91 Å². The van der Waals surface area contributed by atoms with Crippen LogP contribution in [0.1, 0.15) is 30.9 Å². The molecule has 92 valence electrons. The molecule has 0 aliphatic heterocycles. The van der Waals surface area contributed by atoms with Crippen molar-refractivity contribution in [1.82, 2.24) is 0 Å². The number of rotatable bonds is 5. The number of hydrogen-bond donors (Lipinski definition) is 1. The standard InChI is InChI=1S/C14H19NO2/c1-2-17-9-8-14(16)15-13-7-6-11-4-3-5-12(11)10-13/h6-7,10H,2-5,8-9H2,1H3,(H,15,16). The van der Waals surface area contributed by atoms with Crippen molar-refractivity contribution in [3.05, 3.63) is 29.3 Å². The van der Waals surface area contributed by atoms with Gasteiger partial charge in [-0.1, -0.05) is 6.07 Å². The molecule has 0 fully saturated rings. The Bertz CT molecular complexity index is 401. The second-order valence-electron chi connectivity index (χ2n) is 4.33. The summed E-state index contributed by atoms with van der Waals surface area (Å²) in [4.78, 5) is 11.6. The number of carbonyl (C=O) groups is 1. The van der Waals surface area contributed by atoms with Gasteiger partial charge in [-0.2, -0.15) is 0 Å². The molecule has 0 radical (unpaired) electrons. The highest BCUT2D eigenvalue weighted by molar-refractivity contribution is 5.90. The predicted octanol–water partition coefficient (Wildman–Crippen LogP) is 2.54. The maximum atomic E-state index is 11.6. The molecule has 0 unspecified atom stereocenters. The first-order chi connectivity index (χ1) is 8.29. The first-order valence-corrected chi connectivity index (χ1v) is 6.29. The average molecular weight is 233 g/mol. The number of amides is 1. The van der Waals surface area contributed by atoms with E-state index >= 15 is 0 Å². The van der Waals surface area contributed by atoms with E-state index in [1.54, 1.807) is 0 Å². The van der Waals surface area contributed by atoms with Gasteiger partial charge in [0.1, 0.15) is 0 Å². The number of aryl methyl sites for hydroxylation is 2. The number of carbonyl (C=O) groups excluding carboxylic acids is 1. The fourth-order valence-electron chi connectivity index (χ4n) is 2.18. The third-order valence-electron chi connectivity index (χ3n) is 3.06. The summed E-state index contributed by atoms with van der Waals surface area (Å²) < 4.78 is 5.16. The molecule has 0 bridgehead atoms. The molecular formula is C14H19NO2. The van der Waals surface area contributed by atoms with Crippen LogP contribution in [-0.4, -0.2) is 19.1 Å². The lowest BCUT2D eigenvalue weighted by Gasteiger charge is -2.07. The molecule has 3 heteroatoms. The van der Waals surface area contributed by atoms with Gasteiger partial charge in [-0.3, -0.25) is 4.79 Å². The van der Waals surface area contributed by atoms with E-state index in [9.17, 15) is 4.79 Å². The van der Waals surface area contributed by atoms with Gasteiger partial charge in [-0.15, -0.1) is 0 Å². The smallest absolute Gasteiger partial charge is 0.226 e. The molecule has 17 heavy (non-hydrogen) atoms. The molecule has 0 aromatic heterocycles. The molecule has 0 spiro atoms. The predicted molar refractivity (Wildman–Crippen MR) is 68.2 cm³/mol.